The first-order valence-electron chi connectivity index (χ1n) is 6.57. The SMILES string of the molecule is CCC1CCCCN1S(=O)(=O)c1c([N+](=O)[O-])ncn1C. The molecular formula is C11H18N4O4S. The van der Waals surface area contributed by atoms with E-state index in [1.165, 1.54) is 15.9 Å². The van der Waals surface area contributed by atoms with Crippen molar-refractivity contribution in [3.63, 3.8) is 0 Å². The molecule has 1 aliphatic rings. The van der Waals surface area contributed by atoms with Gasteiger partial charge in [0.2, 0.25) is 6.33 Å². The summed E-state index contributed by atoms with van der Waals surface area (Å²) in [5, 5.41) is 10.6. The van der Waals surface area contributed by atoms with E-state index in [0.29, 0.717) is 13.0 Å². The monoisotopic (exact) mass is 302 g/mol. The summed E-state index contributed by atoms with van der Waals surface area (Å²) in [5.41, 5.74) is 0. The Morgan fingerprint density at radius 1 is 1.50 bits per heavy atom. The maximum Gasteiger partial charge on any atom is 0.402 e. The topological polar surface area (TPSA) is 98.3 Å². The highest BCUT2D eigenvalue weighted by Gasteiger charge is 2.40. The van der Waals surface area contributed by atoms with E-state index in [1.54, 1.807) is 0 Å². The summed E-state index contributed by atoms with van der Waals surface area (Å²) < 4.78 is 28.0. The molecule has 2 rings (SSSR count). The minimum atomic E-state index is -3.89. The molecule has 0 saturated carbocycles. The third-order valence-corrected chi connectivity index (χ3v) is 5.69. The Labute approximate surface area is 117 Å². The van der Waals surface area contributed by atoms with Crippen molar-refractivity contribution in [1.29, 1.82) is 0 Å². The Balaban J connectivity index is 2.49. The van der Waals surface area contributed by atoms with Crippen LogP contribution in [0.4, 0.5) is 5.82 Å². The summed E-state index contributed by atoms with van der Waals surface area (Å²) in [4.78, 5) is 13.8. The van der Waals surface area contributed by atoms with Crippen molar-refractivity contribution in [2.75, 3.05) is 6.54 Å². The molecule has 8 nitrogen and oxygen atoms in total. The predicted octanol–water partition coefficient (Wildman–Crippen LogP) is 1.28. The maximum absolute atomic E-state index is 12.7. The molecule has 2 heterocycles. The van der Waals surface area contributed by atoms with Gasteiger partial charge in [-0.3, -0.25) is 4.57 Å². The average Bonchev–Trinajstić information content (AvgIpc) is 2.81. The quantitative estimate of drug-likeness (QED) is 0.616. The Morgan fingerprint density at radius 2 is 2.20 bits per heavy atom. The van der Waals surface area contributed by atoms with Crippen LogP contribution in [0.5, 0.6) is 0 Å². The number of nitrogens with zero attached hydrogens (tertiary/aromatic N) is 4. The first-order valence-corrected chi connectivity index (χ1v) is 8.01. The zero-order valence-electron chi connectivity index (χ0n) is 11.5. The summed E-state index contributed by atoms with van der Waals surface area (Å²) in [6.07, 6.45) is 4.42. The van der Waals surface area contributed by atoms with E-state index in [-0.39, 0.29) is 11.1 Å². The van der Waals surface area contributed by atoms with Crippen LogP contribution in [-0.2, 0) is 17.1 Å². The van der Waals surface area contributed by atoms with E-state index in [0.717, 1.165) is 25.6 Å². The maximum atomic E-state index is 12.7. The van der Waals surface area contributed by atoms with Gasteiger partial charge in [-0.1, -0.05) is 13.3 Å². The summed E-state index contributed by atoms with van der Waals surface area (Å²) >= 11 is 0. The van der Waals surface area contributed by atoms with Gasteiger partial charge in [-0.25, -0.2) is 8.42 Å². The summed E-state index contributed by atoms with van der Waals surface area (Å²) in [6, 6.07) is -0.0942. The number of sulfonamides is 1. The van der Waals surface area contributed by atoms with Crippen molar-refractivity contribution < 1.29 is 13.3 Å². The highest BCUT2D eigenvalue weighted by molar-refractivity contribution is 7.89. The molecule has 0 aromatic carbocycles. The van der Waals surface area contributed by atoms with E-state index >= 15 is 0 Å². The lowest BCUT2D eigenvalue weighted by Gasteiger charge is -2.33. The average molecular weight is 302 g/mol. The smallest absolute Gasteiger partial charge is 0.358 e. The predicted molar refractivity (Wildman–Crippen MR) is 71.7 cm³/mol. The molecular weight excluding hydrogens is 284 g/mol. The van der Waals surface area contributed by atoms with Gasteiger partial charge in [-0.15, -0.1) is 0 Å². The Hall–Kier alpha value is -1.48. The molecule has 0 N–H and O–H groups in total. The molecule has 1 aromatic rings. The molecule has 9 heteroatoms. The van der Waals surface area contributed by atoms with Crippen molar-refractivity contribution in [2.24, 2.45) is 7.05 Å². The number of nitro groups is 1. The molecule has 1 aromatic heterocycles. The van der Waals surface area contributed by atoms with E-state index in [9.17, 15) is 18.5 Å². The van der Waals surface area contributed by atoms with Gasteiger partial charge in [-0.05, 0) is 29.2 Å². The molecule has 0 radical (unpaired) electrons. The number of hydrogen-bond acceptors (Lipinski definition) is 5. The van der Waals surface area contributed by atoms with Gasteiger partial charge >= 0.3 is 5.82 Å². The second-order valence-electron chi connectivity index (χ2n) is 4.91. The van der Waals surface area contributed by atoms with Crippen molar-refractivity contribution in [3.8, 4) is 0 Å². The lowest BCUT2D eigenvalue weighted by atomic mass is 10.0. The Bertz CT molecular complexity index is 610. The van der Waals surface area contributed by atoms with Crippen LogP contribution in [0.15, 0.2) is 11.4 Å². The lowest BCUT2D eigenvalue weighted by molar-refractivity contribution is -0.392. The number of imidazole rings is 1. The lowest BCUT2D eigenvalue weighted by Crippen LogP contribution is -2.43. The van der Waals surface area contributed by atoms with Crippen LogP contribution in [0.1, 0.15) is 32.6 Å². The normalized spacial score (nSPS) is 21.0. The zero-order valence-corrected chi connectivity index (χ0v) is 12.3. The minimum absolute atomic E-state index is 0.0942. The second-order valence-corrected chi connectivity index (χ2v) is 6.72. The number of piperidine rings is 1. The highest BCUT2D eigenvalue weighted by Crippen LogP contribution is 2.30. The van der Waals surface area contributed by atoms with E-state index in [4.69, 9.17) is 0 Å². The van der Waals surface area contributed by atoms with Gasteiger partial charge in [0.1, 0.15) is 0 Å². The Morgan fingerprint density at radius 3 is 2.80 bits per heavy atom. The highest BCUT2D eigenvalue weighted by atomic mass is 32.2. The standard InChI is InChI=1S/C11H18N4O4S/c1-3-9-6-4-5-7-14(9)20(18,19)11-10(15(16)17)12-8-13(11)2/h8-9H,3-7H2,1-2H3. The van der Waals surface area contributed by atoms with Crippen LogP contribution in [0, 0.1) is 10.1 Å². The fourth-order valence-electron chi connectivity index (χ4n) is 2.64. The molecule has 0 spiro atoms. The molecule has 112 valence electrons. The van der Waals surface area contributed by atoms with Crippen molar-refractivity contribution in [2.45, 2.75) is 43.7 Å². The number of rotatable bonds is 4. The fraction of sp³-hybridized carbons (Fsp3) is 0.727. The van der Waals surface area contributed by atoms with Crippen LogP contribution in [0.25, 0.3) is 0 Å². The minimum Gasteiger partial charge on any atom is -0.358 e. The van der Waals surface area contributed by atoms with Crippen LogP contribution in [-0.4, -0.2) is 39.8 Å². The third kappa shape index (κ3) is 2.42. The zero-order chi connectivity index (χ0) is 14.9. The van der Waals surface area contributed by atoms with Crippen molar-refractivity contribution in [1.82, 2.24) is 13.9 Å². The largest absolute Gasteiger partial charge is 0.402 e. The van der Waals surface area contributed by atoms with Crippen LogP contribution >= 0.6 is 0 Å². The first kappa shape index (κ1) is 14.9. The molecule has 0 amide bonds. The molecule has 1 atom stereocenters. The molecule has 1 fully saturated rings. The van der Waals surface area contributed by atoms with Gasteiger partial charge in [0, 0.05) is 19.6 Å². The second kappa shape index (κ2) is 5.49. The van der Waals surface area contributed by atoms with Crippen molar-refractivity contribution >= 4 is 15.8 Å². The van der Waals surface area contributed by atoms with Crippen LogP contribution in [0.2, 0.25) is 0 Å². The molecule has 1 saturated heterocycles. The number of aryl methyl sites for hydroxylation is 1. The summed E-state index contributed by atoms with van der Waals surface area (Å²) in [6.45, 7) is 2.33. The molecule has 0 bridgehead atoms. The number of aromatic nitrogens is 2. The van der Waals surface area contributed by atoms with E-state index in [2.05, 4.69) is 4.98 Å². The summed E-state index contributed by atoms with van der Waals surface area (Å²) in [7, 11) is -2.44. The van der Waals surface area contributed by atoms with E-state index < -0.39 is 20.8 Å². The van der Waals surface area contributed by atoms with Gasteiger partial charge < -0.3 is 10.1 Å². The molecule has 20 heavy (non-hydrogen) atoms. The summed E-state index contributed by atoms with van der Waals surface area (Å²) in [5.74, 6) is -0.604. The van der Waals surface area contributed by atoms with Gasteiger partial charge in [-0.2, -0.15) is 4.31 Å². The van der Waals surface area contributed by atoms with Gasteiger partial charge in [0.15, 0.2) is 0 Å². The molecule has 1 aliphatic heterocycles. The van der Waals surface area contributed by atoms with Gasteiger partial charge in [0.25, 0.3) is 15.0 Å². The van der Waals surface area contributed by atoms with Crippen LogP contribution in [0.3, 0.4) is 0 Å². The number of hydrogen-bond donors (Lipinski definition) is 0. The third-order valence-electron chi connectivity index (χ3n) is 3.64. The molecule has 1 unspecified atom stereocenters. The first-order chi connectivity index (χ1) is 9.39. The van der Waals surface area contributed by atoms with Gasteiger partial charge in [0.05, 0.1) is 0 Å². The Kier molecular flexibility index (Phi) is 4.09. The molecule has 0 aliphatic carbocycles. The van der Waals surface area contributed by atoms with E-state index in [1.807, 2.05) is 6.92 Å². The van der Waals surface area contributed by atoms with Crippen molar-refractivity contribution in [3.05, 3.63) is 16.4 Å². The van der Waals surface area contributed by atoms with Crippen LogP contribution < -0.4 is 0 Å². The fourth-order valence-corrected chi connectivity index (χ4v) is 4.65.